The Kier molecular flexibility index (Phi) is 2.62. The topological polar surface area (TPSA) is 120 Å². The Balaban J connectivity index is 3.92. The van der Waals surface area contributed by atoms with Gasteiger partial charge in [-0.2, -0.15) is 10.8 Å². The predicted molar refractivity (Wildman–Crippen MR) is 29.3 cm³/mol. The molecule has 0 aliphatic rings. The Morgan fingerprint density at radius 2 is 2.11 bits per heavy atom. The fourth-order valence-electron chi connectivity index (χ4n) is 0.168. The minimum absolute atomic E-state index is 0.465. The van der Waals surface area contributed by atoms with Crippen molar-refractivity contribution in [2.24, 2.45) is 5.22 Å². The fraction of sp³-hybridized carbons (Fsp3) is 0. The van der Waals surface area contributed by atoms with E-state index in [1.54, 1.807) is 0 Å². The minimum Gasteiger partial charge on any atom is -0.287 e. The smallest absolute Gasteiger partial charge is 0.176 e. The summed E-state index contributed by atoms with van der Waals surface area (Å²) in [5, 5.41) is 23.9. The second-order valence-corrected chi connectivity index (χ2v) is 1.09. The summed E-state index contributed by atoms with van der Waals surface area (Å²) in [6.07, 6.45) is 0. The van der Waals surface area contributed by atoms with Crippen molar-refractivity contribution in [1.29, 1.82) is 21.6 Å². The van der Waals surface area contributed by atoms with Gasteiger partial charge in [-0.3, -0.25) is 10.8 Å². The molecule has 0 aromatic heterocycles. The molecule has 0 heterocycles. The summed E-state index contributed by atoms with van der Waals surface area (Å²) in [4.78, 5) is 0. The first-order valence-electron chi connectivity index (χ1n) is 1.92. The van der Waals surface area contributed by atoms with Gasteiger partial charge in [0, 0.05) is 0 Å². The number of nitrogens with one attached hydrogen (secondary N) is 4. The monoisotopic (exact) mass is 124 g/mol. The van der Waals surface area contributed by atoms with Crippen molar-refractivity contribution in [3.8, 4) is 6.07 Å². The van der Waals surface area contributed by atoms with Crippen LogP contribution in [0.5, 0.6) is 0 Å². The van der Waals surface area contributed by atoms with E-state index in [-0.39, 0.29) is 0 Å². The SMILES string of the molecule is N#CC(=N)C(=N)NN=N. The lowest BCUT2D eigenvalue weighted by Gasteiger charge is -1.91. The van der Waals surface area contributed by atoms with E-state index in [0.717, 1.165) is 0 Å². The lowest BCUT2D eigenvalue weighted by atomic mass is 10.4. The molecule has 0 spiro atoms. The molecule has 0 atom stereocenters. The summed E-state index contributed by atoms with van der Waals surface area (Å²) in [5.74, 6) is -0.465. The first-order valence-corrected chi connectivity index (χ1v) is 1.92. The molecular weight excluding hydrogens is 120 g/mol. The normalized spacial score (nSPS) is 7.00. The van der Waals surface area contributed by atoms with Crippen molar-refractivity contribution < 1.29 is 0 Å². The van der Waals surface area contributed by atoms with Crippen molar-refractivity contribution in [3.63, 3.8) is 0 Å². The first kappa shape index (κ1) is 7.23. The summed E-state index contributed by atoms with van der Waals surface area (Å²) < 4.78 is 0. The van der Waals surface area contributed by atoms with Crippen LogP contribution in [0.1, 0.15) is 0 Å². The van der Waals surface area contributed by atoms with E-state index in [1.165, 1.54) is 6.07 Å². The van der Waals surface area contributed by atoms with Crippen molar-refractivity contribution in [1.82, 2.24) is 5.43 Å². The molecule has 0 fully saturated rings. The standard InChI is InChI=1S/C3H4N6/c4-1-2(5)3(6)8-9-7/h5H,(H3,6,7,8). The van der Waals surface area contributed by atoms with Gasteiger partial charge in [-0.05, 0) is 0 Å². The number of hydrogen-bond acceptors (Lipinski definition) is 5. The lowest BCUT2D eigenvalue weighted by Crippen LogP contribution is -2.23. The van der Waals surface area contributed by atoms with Gasteiger partial charge in [0.25, 0.3) is 0 Å². The molecule has 0 aromatic rings. The third kappa shape index (κ3) is 2.13. The van der Waals surface area contributed by atoms with Crippen LogP contribution in [0.25, 0.3) is 0 Å². The van der Waals surface area contributed by atoms with Crippen LogP contribution < -0.4 is 5.43 Å². The largest absolute Gasteiger partial charge is 0.287 e. The third-order valence-corrected chi connectivity index (χ3v) is 0.530. The van der Waals surface area contributed by atoms with E-state index in [0.29, 0.717) is 0 Å². The van der Waals surface area contributed by atoms with E-state index >= 15 is 0 Å². The summed E-state index contributed by atoms with van der Waals surface area (Å²) in [6, 6.07) is 1.40. The van der Waals surface area contributed by atoms with Crippen LogP contribution in [0.3, 0.4) is 0 Å². The van der Waals surface area contributed by atoms with Gasteiger partial charge in [-0.1, -0.05) is 5.22 Å². The zero-order valence-corrected chi connectivity index (χ0v) is 4.39. The zero-order chi connectivity index (χ0) is 7.28. The molecule has 0 amide bonds. The highest BCUT2D eigenvalue weighted by Gasteiger charge is 1.99. The van der Waals surface area contributed by atoms with Crippen LogP contribution in [0, 0.1) is 27.7 Å². The fourth-order valence-corrected chi connectivity index (χ4v) is 0.168. The zero-order valence-electron chi connectivity index (χ0n) is 4.39. The van der Waals surface area contributed by atoms with Crippen LogP contribution >= 0.6 is 0 Å². The summed E-state index contributed by atoms with van der Waals surface area (Å²) in [7, 11) is 0. The Morgan fingerprint density at radius 3 is 2.44 bits per heavy atom. The van der Waals surface area contributed by atoms with Gasteiger partial charge in [-0.15, -0.1) is 0 Å². The van der Waals surface area contributed by atoms with Crippen molar-refractivity contribution in [2.45, 2.75) is 0 Å². The van der Waals surface area contributed by atoms with Gasteiger partial charge in [0.1, 0.15) is 6.07 Å². The molecule has 0 saturated heterocycles. The van der Waals surface area contributed by atoms with Gasteiger partial charge in [0.15, 0.2) is 11.5 Å². The van der Waals surface area contributed by atoms with E-state index < -0.39 is 11.5 Å². The number of nitriles is 1. The van der Waals surface area contributed by atoms with Crippen molar-refractivity contribution in [3.05, 3.63) is 0 Å². The maximum Gasteiger partial charge on any atom is 0.176 e. The molecule has 0 radical (unpaired) electrons. The molecule has 0 unspecified atom stereocenters. The van der Waals surface area contributed by atoms with Crippen LogP contribution in [0.2, 0.25) is 0 Å². The van der Waals surface area contributed by atoms with Crippen LogP contribution in [-0.2, 0) is 0 Å². The molecule has 6 nitrogen and oxygen atoms in total. The quantitative estimate of drug-likeness (QED) is 0.180. The predicted octanol–water partition coefficient (Wildman–Crippen LogP) is 0.0426. The molecule has 6 heteroatoms. The average molecular weight is 124 g/mol. The van der Waals surface area contributed by atoms with E-state index in [9.17, 15) is 0 Å². The number of rotatable bonds is 2. The van der Waals surface area contributed by atoms with E-state index in [2.05, 4.69) is 5.22 Å². The minimum atomic E-state index is -0.536. The summed E-state index contributed by atoms with van der Waals surface area (Å²) in [5.41, 5.74) is 7.46. The summed E-state index contributed by atoms with van der Waals surface area (Å²) >= 11 is 0. The lowest BCUT2D eigenvalue weighted by molar-refractivity contribution is 0.867. The third-order valence-electron chi connectivity index (χ3n) is 0.530. The molecule has 0 aromatic carbocycles. The molecule has 0 saturated carbocycles. The number of nitrogens with zero attached hydrogens (tertiary/aromatic N) is 2. The molecule has 0 bridgehead atoms. The van der Waals surface area contributed by atoms with Gasteiger partial charge < -0.3 is 0 Å². The molecule has 46 valence electrons. The number of hydrogen-bond donors (Lipinski definition) is 4. The van der Waals surface area contributed by atoms with Crippen molar-refractivity contribution in [2.75, 3.05) is 0 Å². The molecule has 4 N–H and O–H groups in total. The Labute approximate surface area is 51.0 Å². The van der Waals surface area contributed by atoms with Gasteiger partial charge in [-0.25, -0.2) is 5.43 Å². The second-order valence-electron chi connectivity index (χ2n) is 1.09. The first-order chi connectivity index (χ1) is 4.22. The van der Waals surface area contributed by atoms with E-state index in [1.807, 2.05) is 5.43 Å². The highest BCUT2D eigenvalue weighted by molar-refractivity contribution is 6.44. The highest BCUT2D eigenvalue weighted by atomic mass is 15.4. The second kappa shape index (κ2) is 3.26. The Morgan fingerprint density at radius 1 is 1.56 bits per heavy atom. The van der Waals surface area contributed by atoms with Crippen molar-refractivity contribution >= 4 is 11.5 Å². The molecule has 0 aliphatic carbocycles. The molecular formula is C3H4N6. The van der Waals surface area contributed by atoms with E-state index in [4.69, 9.17) is 21.6 Å². The van der Waals surface area contributed by atoms with Crippen LogP contribution in [0.15, 0.2) is 5.22 Å². The Hall–Kier alpha value is -1.77. The molecule has 0 rings (SSSR count). The van der Waals surface area contributed by atoms with Crippen LogP contribution in [-0.4, -0.2) is 11.5 Å². The maximum absolute atomic E-state index is 7.97. The Bertz CT molecular complexity index is 185. The average Bonchev–Trinajstić information content (AvgIpc) is 1.87. The number of amidine groups is 1. The molecule has 9 heavy (non-hydrogen) atoms. The highest BCUT2D eigenvalue weighted by Crippen LogP contribution is 1.69. The van der Waals surface area contributed by atoms with Gasteiger partial charge in [0.2, 0.25) is 0 Å². The molecule has 0 aliphatic heterocycles. The summed E-state index contributed by atoms with van der Waals surface area (Å²) in [6.45, 7) is 0. The van der Waals surface area contributed by atoms with Crippen LogP contribution in [0.4, 0.5) is 0 Å². The van der Waals surface area contributed by atoms with Gasteiger partial charge >= 0.3 is 0 Å². The maximum atomic E-state index is 7.97. The van der Waals surface area contributed by atoms with Gasteiger partial charge in [0.05, 0.1) is 0 Å².